The lowest BCUT2D eigenvalue weighted by atomic mass is 10.1. The number of carbonyl (C=O) groups is 1. The molecule has 19 heteroatoms. The largest absolute Gasteiger partial charge is 0.394 e. The average molecular weight is 674 g/mol. The van der Waals surface area contributed by atoms with Gasteiger partial charge in [-0.3, -0.25) is 38.8 Å². The number of ether oxygens (including phenoxy) is 2. The summed E-state index contributed by atoms with van der Waals surface area (Å²) >= 11 is 0. The highest BCUT2D eigenvalue weighted by atomic mass is 31.2. The van der Waals surface area contributed by atoms with Crippen LogP contribution in [0.4, 0.5) is 5.95 Å². The molecule has 18 nitrogen and oxygen atoms in total. The number of aryl methyl sites for hydroxylation is 1. The highest BCUT2D eigenvalue weighted by Gasteiger charge is 2.41. The van der Waals surface area contributed by atoms with E-state index in [9.17, 15) is 34.3 Å². The molecule has 0 spiro atoms. The Kier molecular flexibility index (Phi) is 9.72. The number of hydrogen-bond donors (Lipinski definition) is 6. The maximum atomic E-state index is 12.7. The van der Waals surface area contributed by atoms with E-state index < -0.39 is 74.8 Å². The summed E-state index contributed by atoms with van der Waals surface area (Å²) < 4.78 is 25.4. The number of anilines is 1. The van der Waals surface area contributed by atoms with Gasteiger partial charge in [-0.1, -0.05) is 30.3 Å². The average Bonchev–Trinajstić information content (AvgIpc) is 3.75. The number of aromatic amines is 2. The molecule has 250 valence electrons. The highest BCUT2D eigenvalue weighted by molar-refractivity contribution is 7.40. The number of aliphatic hydroxyl groups excluding tert-OH is 2. The van der Waals surface area contributed by atoms with E-state index in [1.807, 2.05) is 18.2 Å². The van der Waals surface area contributed by atoms with Gasteiger partial charge in [0.1, 0.15) is 24.7 Å². The van der Waals surface area contributed by atoms with Crippen molar-refractivity contribution in [1.29, 1.82) is 0 Å². The Morgan fingerprint density at radius 3 is 2.60 bits per heavy atom. The Morgan fingerprint density at radius 1 is 1.09 bits per heavy atom. The molecule has 3 aromatic heterocycles. The molecule has 47 heavy (non-hydrogen) atoms. The lowest BCUT2D eigenvalue weighted by molar-refractivity contribution is -0.115. The predicted octanol–water partition coefficient (Wildman–Crippen LogP) is -0.291. The van der Waals surface area contributed by atoms with Crippen molar-refractivity contribution in [2.45, 2.75) is 63.1 Å². The van der Waals surface area contributed by atoms with Crippen molar-refractivity contribution in [3.05, 3.63) is 85.2 Å². The third kappa shape index (κ3) is 7.24. The second-order valence-electron chi connectivity index (χ2n) is 11.1. The number of nitrogens with one attached hydrogen (secondary N) is 3. The minimum absolute atomic E-state index is 0.0000267. The van der Waals surface area contributed by atoms with Crippen LogP contribution in [0.15, 0.2) is 57.2 Å². The summed E-state index contributed by atoms with van der Waals surface area (Å²) in [7, 11) is -2.54. The Hall–Kier alpha value is -4.13. The number of aromatic nitrogens is 6. The number of aliphatic hydroxyl groups is 2. The van der Waals surface area contributed by atoms with Crippen molar-refractivity contribution < 1.29 is 38.4 Å². The standard InChI is InChI=1S/C28H32N7O11P/c1-14-10-34(28(41)33-25(14)39)21-8-16(37)19(45-21)12-43-47(42)46-17-9-22(44-18(17)11-36)35-13-29-23-24(35)31-27(32-26(23)40)30-20(38)7-15-5-3-2-4-6-15/h2-6,10,13,16-19,21-22,36-37,42H,7-9,11-12H2,1H3,(H,33,39,41)(H2,30,31,32,38,40)/t16-,17-,18+,19+,21+,22+,47?/m0/s1. The number of benzene rings is 1. The van der Waals surface area contributed by atoms with E-state index in [1.165, 1.54) is 28.6 Å². The molecule has 1 aromatic carbocycles. The van der Waals surface area contributed by atoms with Gasteiger partial charge in [-0.25, -0.2) is 9.78 Å². The second kappa shape index (κ2) is 13.9. The first kappa shape index (κ1) is 32.8. The smallest absolute Gasteiger partial charge is 0.330 e. The summed E-state index contributed by atoms with van der Waals surface area (Å²) in [5.41, 5.74) is -0.603. The van der Waals surface area contributed by atoms with E-state index in [2.05, 4.69) is 25.3 Å². The van der Waals surface area contributed by atoms with Crippen LogP contribution in [0.5, 0.6) is 0 Å². The molecule has 2 saturated heterocycles. The Balaban J connectivity index is 1.07. The topological polar surface area (TPSA) is 245 Å². The van der Waals surface area contributed by atoms with Crippen LogP contribution in [-0.2, 0) is 29.7 Å². The molecular formula is C28H32N7O11P. The summed E-state index contributed by atoms with van der Waals surface area (Å²) in [5, 5.41) is 23.0. The van der Waals surface area contributed by atoms with Gasteiger partial charge in [-0.05, 0) is 12.5 Å². The monoisotopic (exact) mass is 673 g/mol. The fourth-order valence-electron chi connectivity index (χ4n) is 5.42. The zero-order chi connectivity index (χ0) is 33.2. The van der Waals surface area contributed by atoms with Crippen molar-refractivity contribution in [1.82, 2.24) is 29.1 Å². The highest BCUT2D eigenvalue weighted by Crippen LogP contribution is 2.42. The Morgan fingerprint density at radius 2 is 1.83 bits per heavy atom. The third-order valence-corrected chi connectivity index (χ3v) is 8.62. The molecule has 2 aliphatic heterocycles. The van der Waals surface area contributed by atoms with Gasteiger partial charge in [-0.2, -0.15) is 4.98 Å². The summed E-state index contributed by atoms with van der Waals surface area (Å²) in [5.74, 6) is -0.473. The van der Waals surface area contributed by atoms with Crippen LogP contribution in [-0.4, -0.2) is 87.7 Å². The van der Waals surface area contributed by atoms with Crippen molar-refractivity contribution in [3.63, 3.8) is 0 Å². The van der Waals surface area contributed by atoms with Gasteiger partial charge in [0.2, 0.25) is 11.9 Å². The predicted molar refractivity (Wildman–Crippen MR) is 163 cm³/mol. The van der Waals surface area contributed by atoms with Crippen molar-refractivity contribution in [2.75, 3.05) is 18.5 Å². The van der Waals surface area contributed by atoms with Crippen LogP contribution in [0.3, 0.4) is 0 Å². The van der Waals surface area contributed by atoms with E-state index in [1.54, 1.807) is 12.1 Å². The SMILES string of the molecule is Cc1cn([C@H]2C[C@H](O)[C@@H](COP(O)O[C@H]3C[C@H](n4cnc5c(=O)[nH]c(NC(=O)Cc6ccccc6)nc54)O[C@@H]3CO)O2)c(=O)[nH]c1=O. The first-order valence-electron chi connectivity index (χ1n) is 14.6. The fourth-order valence-corrected chi connectivity index (χ4v) is 6.21. The van der Waals surface area contributed by atoms with E-state index in [0.29, 0.717) is 5.56 Å². The molecule has 7 atom stereocenters. The van der Waals surface area contributed by atoms with Gasteiger partial charge >= 0.3 is 14.3 Å². The second-order valence-corrected chi connectivity index (χ2v) is 12.0. The van der Waals surface area contributed by atoms with Crippen molar-refractivity contribution in [2.24, 2.45) is 0 Å². The molecule has 2 fully saturated rings. The zero-order valence-corrected chi connectivity index (χ0v) is 25.8. The Bertz CT molecular complexity index is 1910. The third-order valence-electron chi connectivity index (χ3n) is 7.80. The normalized spacial score (nSPS) is 24.9. The molecular weight excluding hydrogens is 641 g/mol. The molecule has 0 radical (unpaired) electrons. The van der Waals surface area contributed by atoms with Gasteiger partial charge < -0.3 is 33.6 Å². The molecule has 6 N–H and O–H groups in total. The number of carbonyl (C=O) groups excluding carboxylic acids is 1. The number of hydrogen-bond acceptors (Lipinski definition) is 13. The number of amides is 1. The van der Waals surface area contributed by atoms with Crippen molar-refractivity contribution >= 4 is 31.6 Å². The lowest BCUT2D eigenvalue weighted by Crippen LogP contribution is -2.33. The van der Waals surface area contributed by atoms with Crippen molar-refractivity contribution in [3.8, 4) is 0 Å². The van der Waals surface area contributed by atoms with Gasteiger partial charge in [-0.15, -0.1) is 0 Å². The fraction of sp³-hybridized carbons (Fsp3) is 0.429. The molecule has 5 heterocycles. The minimum atomic E-state index is -2.54. The molecule has 2 aliphatic rings. The molecule has 1 unspecified atom stereocenters. The summed E-state index contributed by atoms with van der Waals surface area (Å²) in [6, 6.07) is 9.05. The molecule has 1 amide bonds. The maximum absolute atomic E-state index is 12.7. The Labute approximate surface area is 265 Å². The number of imidazole rings is 1. The van der Waals surface area contributed by atoms with Crippen LogP contribution in [0.2, 0.25) is 0 Å². The number of nitrogens with zero attached hydrogens (tertiary/aromatic N) is 4. The van der Waals surface area contributed by atoms with Gasteiger partial charge in [0.05, 0.1) is 38.2 Å². The van der Waals surface area contributed by atoms with E-state index in [0.717, 1.165) is 5.56 Å². The van der Waals surface area contributed by atoms with E-state index in [-0.39, 0.29) is 43.0 Å². The molecule has 0 bridgehead atoms. The maximum Gasteiger partial charge on any atom is 0.330 e. The lowest BCUT2D eigenvalue weighted by Gasteiger charge is -2.21. The summed E-state index contributed by atoms with van der Waals surface area (Å²) in [4.78, 5) is 72.9. The first-order chi connectivity index (χ1) is 22.6. The van der Waals surface area contributed by atoms with Crippen LogP contribution in [0.25, 0.3) is 11.2 Å². The summed E-state index contributed by atoms with van der Waals surface area (Å²) in [6.45, 7) is 0.783. The number of rotatable bonds is 11. The molecule has 4 aromatic rings. The number of H-pyrrole nitrogens is 2. The summed E-state index contributed by atoms with van der Waals surface area (Å²) in [6.07, 6.45) is -2.47. The zero-order valence-electron chi connectivity index (χ0n) is 24.9. The number of fused-ring (bicyclic) bond motifs is 1. The molecule has 0 saturated carbocycles. The van der Waals surface area contributed by atoms with Gasteiger partial charge in [0.25, 0.3) is 11.1 Å². The first-order valence-corrected chi connectivity index (χ1v) is 15.7. The van der Waals surface area contributed by atoms with Gasteiger partial charge in [0.15, 0.2) is 11.2 Å². The van der Waals surface area contributed by atoms with Crippen LogP contribution >= 0.6 is 8.60 Å². The van der Waals surface area contributed by atoms with Crippen LogP contribution in [0, 0.1) is 6.92 Å². The van der Waals surface area contributed by atoms with Gasteiger partial charge in [0, 0.05) is 24.6 Å². The van der Waals surface area contributed by atoms with E-state index in [4.69, 9.17) is 18.5 Å². The molecule has 6 rings (SSSR count). The minimum Gasteiger partial charge on any atom is -0.394 e. The van der Waals surface area contributed by atoms with E-state index >= 15 is 0 Å². The molecule has 0 aliphatic carbocycles. The quantitative estimate of drug-likeness (QED) is 0.112. The van der Waals surface area contributed by atoms with Crippen LogP contribution < -0.4 is 22.1 Å². The van der Waals surface area contributed by atoms with Crippen LogP contribution in [0.1, 0.15) is 36.4 Å².